The van der Waals surface area contributed by atoms with Crippen LogP contribution >= 0.6 is 0 Å². The summed E-state index contributed by atoms with van der Waals surface area (Å²) < 4.78 is 0. The third kappa shape index (κ3) is 2.75. The van der Waals surface area contributed by atoms with E-state index in [1.165, 1.54) is 6.42 Å². The normalized spacial score (nSPS) is 57.8. The van der Waals surface area contributed by atoms with Crippen LogP contribution in [0, 0.1) is 57.2 Å². The van der Waals surface area contributed by atoms with Gasteiger partial charge in [0.15, 0.2) is 5.78 Å². The Hall–Kier alpha value is -0.740. The molecule has 5 rings (SSSR count). The zero-order valence-corrected chi connectivity index (χ0v) is 20.8. The lowest BCUT2D eigenvalue weighted by Crippen LogP contribution is -2.67. The summed E-state index contributed by atoms with van der Waals surface area (Å²) in [6.45, 7) is 12.0. The third-order valence-corrected chi connectivity index (χ3v) is 12.7. The van der Waals surface area contributed by atoms with E-state index in [-0.39, 0.29) is 51.7 Å². The maximum atomic E-state index is 12.7. The van der Waals surface area contributed by atoms with Crippen molar-refractivity contribution in [2.24, 2.45) is 57.2 Å². The molecule has 0 radical (unpaired) electrons. The summed E-state index contributed by atoms with van der Waals surface area (Å²) in [6, 6.07) is 0. The SMILES string of the molecule is C[C@H]1[C@@H]2CC[C@H]3[C@@](C)(CC[C@@]4(C)[C@@H]5C[C@H](CO)C(=O)C[C@]5(C)CC[C@]34C)[C@@H]2CC(=O)[C@@H]1O. The largest absolute Gasteiger partial charge is 0.396 e. The predicted octanol–water partition coefficient (Wildman–Crippen LogP) is 4.80. The Labute approximate surface area is 193 Å². The molecule has 4 heteroatoms. The molecule has 5 aliphatic carbocycles. The molecule has 0 unspecified atom stereocenters. The molecule has 0 saturated heterocycles. The minimum atomic E-state index is -0.772. The van der Waals surface area contributed by atoms with Gasteiger partial charge in [-0.2, -0.15) is 0 Å². The van der Waals surface area contributed by atoms with Crippen molar-refractivity contribution in [3.63, 3.8) is 0 Å². The fraction of sp³-hybridized carbons (Fsp3) is 0.929. The second kappa shape index (κ2) is 7.13. The summed E-state index contributed by atoms with van der Waals surface area (Å²) in [5.41, 5.74) is 0.560. The maximum absolute atomic E-state index is 12.7. The van der Waals surface area contributed by atoms with Crippen molar-refractivity contribution in [2.75, 3.05) is 6.61 Å². The summed E-state index contributed by atoms with van der Waals surface area (Å²) >= 11 is 0. The molecule has 0 aliphatic heterocycles. The third-order valence-electron chi connectivity index (χ3n) is 12.7. The number of aliphatic hydroxyl groups excluding tert-OH is 2. The van der Waals surface area contributed by atoms with Crippen LogP contribution in [0.3, 0.4) is 0 Å². The zero-order valence-electron chi connectivity index (χ0n) is 20.8. The predicted molar refractivity (Wildman–Crippen MR) is 124 cm³/mol. The molecule has 5 aliphatic rings. The second-order valence-electron chi connectivity index (χ2n) is 13.7. The molecule has 11 atom stereocenters. The molecule has 0 spiro atoms. The highest BCUT2D eigenvalue weighted by Gasteiger charge is 2.69. The van der Waals surface area contributed by atoms with Gasteiger partial charge in [-0.05, 0) is 96.2 Å². The highest BCUT2D eigenvalue weighted by Crippen LogP contribution is 2.76. The fourth-order valence-corrected chi connectivity index (χ4v) is 10.5. The number of Topliss-reactive ketones (excluding diaryl/α,β-unsaturated/α-hetero) is 2. The smallest absolute Gasteiger partial charge is 0.161 e. The van der Waals surface area contributed by atoms with E-state index in [2.05, 4.69) is 34.6 Å². The number of hydrogen-bond donors (Lipinski definition) is 2. The van der Waals surface area contributed by atoms with Crippen LogP contribution < -0.4 is 0 Å². The van der Waals surface area contributed by atoms with Crippen LogP contribution in [0.4, 0.5) is 0 Å². The summed E-state index contributed by atoms with van der Waals surface area (Å²) in [4.78, 5) is 25.5. The summed E-state index contributed by atoms with van der Waals surface area (Å²) in [7, 11) is 0. The molecule has 0 amide bonds. The van der Waals surface area contributed by atoms with Crippen molar-refractivity contribution in [1.82, 2.24) is 0 Å². The van der Waals surface area contributed by atoms with E-state index in [0.29, 0.717) is 36.5 Å². The lowest BCUT2D eigenvalue weighted by molar-refractivity contribution is -0.243. The average Bonchev–Trinajstić information content (AvgIpc) is 2.74. The minimum absolute atomic E-state index is 0.00850. The lowest BCUT2D eigenvalue weighted by atomic mass is 9.31. The van der Waals surface area contributed by atoms with E-state index in [9.17, 15) is 19.8 Å². The monoisotopic (exact) mass is 444 g/mol. The van der Waals surface area contributed by atoms with Gasteiger partial charge in [-0.15, -0.1) is 0 Å². The minimum Gasteiger partial charge on any atom is -0.396 e. The number of hydrogen-bond acceptors (Lipinski definition) is 4. The molecule has 32 heavy (non-hydrogen) atoms. The molecule has 5 fully saturated rings. The number of fused-ring (bicyclic) bond motifs is 7. The van der Waals surface area contributed by atoms with Crippen LogP contribution in [0.2, 0.25) is 0 Å². The molecule has 0 aromatic heterocycles. The van der Waals surface area contributed by atoms with Crippen LogP contribution in [-0.4, -0.2) is 34.5 Å². The fourth-order valence-electron chi connectivity index (χ4n) is 10.5. The van der Waals surface area contributed by atoms with Gasteiger partial charge < -0.3 is 10.2 Å². The van der Waals surface area contributed by atoms with Gasteiger partial charge in [-0.3, -0.25) is 9.59 Å². The Kier molecular flexibility index (Phi) is 5.13. The number of ketones is 2. The van der Waals surface area contributed by atoms with Crippen LogP contribution in [-0.2, 0) is 9.59 Å². The molecular formula is C28H44O4. The van der Waals surface area contributed by atoms with Crippen molar-refractivity contribution >= 4 is 11.6 Å². The highest BCUT2D eigenvalue weighted by molar-refractivity contribution is 5.84. The first-order valence-electron chi connectivity index (χ1n) is 13.3. The zero-order chi connectivity index (χ0) is 23.3. The molecule has 4 nitrogen and oxygen atoms in total. The molecule has 0 bridgehead atoms. The Morgan fingerprint density at radius 2 is 1.56 bits per heavy atom. The van der Waals surface area contributed by atoms with Crippen LogP contribution in [0.25, 0.3) is 0 Å². The standard InChI is InChI=1S/C28H44O4/c1-16-18-6-7-22-26(3,19(18)13-20(30)24(16)32)9-11-28(5)23-12-17(15-29)21(31)14-25(23,2)8-10-27(22,28)4/h16-19,22-24,29,32H,6-15H2,1-5H3/t16-,17+,18-,19+,22-,23+,24+,25-,26-,27+,28-/m0/s1. The van der Waals surface area contributed by atoms with Gasteiger partial charge in [-0.1, -0.05) is 34.6 Å². The first-order valence-corrected chi connectivity index (χ1v) is 13.3. The average molecular weight is 445 g/mol. The van der Waals surface area contributed by atoms with Crippen molar-refractivity contribution in [3.05, 3.63) is 0 Å². The Morgan fingerprint density at radius 3 is 2.25 bits per heavy atom. The summed E-state index contributed by atoms with van der Waals surface area (Å²) in [5.74, 6) is 2.12. The van der Waals surface area contributed by atoms with Gasteiger partial charge >= 0.3 is 0 Å². The molecule has 0 aromatic rings. The highest BCUT2D eigenvalue weighted by atomic mass is 16.3. The van der Waals surface area contributed by atoms with Gasteiger partial charge in [-0.25, -0.2) is 0 Å². The summed E-state index contributed by atoms with van der Waals surface area (Å²) in [6.07, 6.45) is 8.13. The Bertz CT molecular complexity index is 822. The van der Waals surface area contributed by atoms with Gasteiger partial charge in [0.1, 0.15) is 11.9 Å². The maximum Gasteiger partial charge on any atom is 0.161 e. The van der Waals surface area contributed by atoms with E-state index in [1.807, 2.05) is 0 Å². The number of carbonyl (C=O) groups is 2. The van der Waals surface area contributed by atoms with Crippen molar-refractivity contribution in [1.29, 1.82) is 0 Å². The van der Waals surface area contributed by atoms with Gasteiger partial charge in [0.2, 0.25) is 0 Å². The number of rotatable bonds is 1. The quantitative estimate of drug-likeness (QED) is 0.609. The Morgan fingerprint density at radius 1 is 0.906 bits per heavy atom. The van der Waals surface area contributed by atoms with Crippen molar-refractivity contribution < 1.29 is 19.8 Å². The Balaban J connectivity index is 1.52. The van der Waals surface area contributed by atoms with Gasteiger partial charge in [0.05, 0.1) is 6.61 Å². The first-order chi connectivity index (χ1) is 14.9. The van der Waals surface area contributed by atoms with Crippen LogP contribution in [0.15, 0.2) is 0 Å². The molecule has 0 aromatic carbocycles. The second-order valence-corrected chi connectivity index (χ2v) is 13.7. The molecular weight excluding hydrogens is 400 g/mol. The van der Waals surface area contributed by atoms with Gasteiger partial charge in [0.25, 0.3) is 0 Å². The van der Waals surface area contributed by atoms with Crippen molar-refractivity contribution in [3.8, 4) is 0 Å². The number of aliphatic hydroxyl groups is 2. The van der Waals surface area contributed by atoms with Crippen LogP contribution in [0.1, 0.15) is 92.4 Å². The molecule has 180 valence electrons. The van der Waals surface area contributed by atoms with Crippen molar-refractivity contribution in [2.45, 2.75) is 98.5 Å². The molecule has 5 saturated carbocycles. The van der Waals surface area contributed by atoms with Crippen LogP contribution in [0.5, 0.6) is 0 Å². The van der Waals surface area contributed by atoms with E-state index in [1.54, 1.807) is 0 Å². The van der Waals surface area contributed by atoms with E-state index in [0.717, 1.165) is 38.5 Å². The molecule has 2 N–H and O–H groups in total. The van der Waals surface area contributed by atoms with Gasteiger partial charge in [0, 0.05) is 18.8 Å². The number of carbonyl (C=O) groups excluding carboxylic acids is 2. The topological polar surface area (TPSA) is 74.6 Å². The molecule has 0 heterocycles. The van der Waals surface area contributed by atoms with E-state index >= 15 is 0 Å². The van der Waals surface area contributed by atoms with E-state index in [4.69, 9.17) is 0 Å². The lowest BCUT2D eigenvalue weighted by Gasteiger charge is -2.73. The van der Waals surface area contributed by atoms with E-state index < -0.39 is 6.10 Å². The summed E-state index contributed by atoms with van der Waals surface area (Å²) in [5, 5.41) is 20.4. The first kappa shape index (κ1) is 23.0.